The van der Waals surface area contributed by atoms with Gasteiger partial charge in [-0.3, -0.25) is 9.59 Å². The highest BCUT2D eigenvalue weighted by atomic mass is 16.6. The van der Waals surface area contributed by atoms with E-state index in [2.05, 4.69) is 4.74 Å². The summed E-state index contributed by atoms with van der Waals surface area (Å²) in [4.78, 5) is 32.3. The van der Waals surface area contributed by atoms with Crippen LogP contribution in [-0.4, -0.2) is 28.9 Å². The summed E-state index contributed by atoms with van der Waals surface area (Å²) in [6, 6.07) is 0. The number of carbonyl (C=O) groups is 3. The minimum Gasteiger partial charge on any atom is -0.481 e. The van der Waals surface area contributed by atoms with Gasteiger partial charge in [0.1, 0.15) is 6.10 Å². The zero-order valence-electron chi connectivity index (χ0n) is 7.15. The number of rotatable bonds is 3. The standard InChI is InChI=1S/C8H10O5/c1-2-3-4-5(7(10)11)6(9)8(12)13-4/h4-5H,2-3H2,1H3,(H,10,11)/t4-,5-/m0/s1. The second-order valence-corrected chi connectivity index (χ2v) is 2.91. The van der Waals surface area contributed by atoms with Crippen molar-refractivity contribution in [2.24, 2.45) is 5.92 Å². The van der Waals surface area contributed by atoms with E-state index in [0.29, 0.717) is 12.8 Å². The van der Waals surface area contributed by atoms with Crippen LogP contribution in [-0.2, 0) is 19.1 Å². The molecule has 2 atom stereocenters. The highest BCUT2D eigenvalue weighted by molar-refractivity contribution is 6.39. The highest BCUT2D eigenvalue weighted by Gasteiger charge is 2.47. The Bertz CT molecular complexity index is 257. The number of carbonyl (C=O) groups excluding carboxylic acids is 2. The summed E-state index contributed by atoms with van der Waals surface area (Å²) in [6.07, 6.45) is 0.311. The smallest absolute Gasteiger partial charge is 0.376 e. The van der Waals surface area contributed by atoms with Crippen LogP contribution in [0, 0.1) is 5.92 Å². The monoisotopic (exact) mass is 186 g/mol. The zero-order valence-corrected chi connectivity index (χ0v) is 7.15. The van der Waals surface area contributed by atoms with E-state index in [-0.39, 0.29) is 0 Å². The lowest BCUT2D eigenvalue weighted by atomic mass is 9.97. The summed E-state index contributed by atoms with van der Waals surface area (Å²) in [6.45, 7) is 1.83. The Morgan fingerprint density at radius 2 is 2.15 bits per heavy atom. The normalized spacial score (nSPS) is 27.5. The fraction of sp³-hybridized carbons (Fsp3) is 0.625. The number of cyclic esters (lactones) is 1. The largest absolute Gasteiger partial charge is 0.481 e. The molecule has 0 saturated carbocycles. The molecule has 0 spiro atoms. The molecule has 1 aliphatic rings. The number of aliphatic carboxylic acids is 1. The lowest BCUT2D eigenvalue weighted by molar-refractivity contribution is -0.149. The molecular weight excluding hydrogens is 176 g/mol. The first-order valence-electron chi connectivity index (χ1n) is 4.05. The van der Waals surface area contributed by atoms with Gasteiger partial charge in [0, 0.05) is 0 Å². The third kappa shape index (κ3) is 1.68. The minimum atomic E-state index is -1.30. The molecule has 1 aliphatic heterocycles. The van der Waals surface area contributed by atoms with Crippen molar-refractivity contribution in [1.29, 1.82) is 0 Å². The minimum absolute atomic E-state index is 0.411. The lowest BCUT2D eigenvalue weighted by Crippen LogP contribution is -2.29. The van der Waals surface area contributed by atoms with Crippen molar-refractivity contribution in [2.45, 2.75) is 25.9 Å². The van der Waals surface area contributed by atoms with E-state index in [1.807, 2.05) is 6.92 Å². The first-order chi connectivity index (χ1) is 6.07. The molecule has 0 aromatic rings. The molecule has 13 heavy (non-hydrogen) atoms. The van der Waals surface area contributed by atoms with Gasteiger partial charge in [-0.2, -0.15) is 0 Å². The van der Waals surface area contributed by atoms with E-state index >= 15 is 0 Å². The van der Waals surface area contributed by atoms with Gasteiger partial charge >= 0.3 is 11.9 Å². The molecule has 0 unspecified atom stereocenters. The number of carboxylic acid groups (broad SMARTS) is 1. The van der Waals surface area contributed by atoms with Gasteiger partial charge in [-0.25, -0.2) is 4.79 Å². The summed E-state index contributed by atoms with van der Waals surface area (Å²) in [7, 11) is 0. The Morgan fingerprint density at radius 1 is 1.54 bits per heavy atom. The molecule has 0 bridgehead atoms. The zero-order chi connectivity index (χ0) is 10.0. The molecule has 0 aromatic carbocycles. The van der Waals surface area contributed by atoms with Crippen molar-refractivity contribution in [1.82, 2.24) is 0 Å². The van der Waals surface area contributed by atoms with E-state index in [9.17, 15) is 14.4 Å². The molecule has 1 saturated heterocycles. The SMILES string of the molecule is CCC[C@@H]1OC(=O)C(=O)[C@H]1C(=O)O. The summed E-state index contributed by atoms with van der Waals surface area (Å²) >= 11 is 0. The molecule has 1 fully saturated rings. The van der Waals surface area contributed by atoms with Crippen LogP contribution < -0.4 is 0 Å². The number of ether oxygens (including phenoxy) is 1. The van der Waals surface area contributed by atoms with Gasteiger partial charge in [0.2, 0.25) is 0 Å². The number of carboxylic acids is 1. The Labute approximate surface area is 74.7 Å². The Kier molecular flexibility index (Phi) is 2.65. The van der Waals surface area contributed by atoms with Gasteiger partial charge in [-0.1, -0.05) is 13.3 Å². The van der Waals surface area contributed by atoms with Crippen LogP contribution in [0.2, 0.25) is 0 Å². The summed E-state index contributed by atoms with van der Waals surface area (Å²) in [5, 5.41) is 8.65. The van der Waals surface area contributed by atoms with Crippen LogP contribution in [0.3, 0.4) is 0 Å². The summed E-state index contributed by atoms with van der Waals surface area (Å²) < 4.78 is 4.62. The van der Waals surface area contributed by atoms with Crippen LogP contribution in [0.25, 0.3) is 0 Å². The second-order valence-electron chi connectivity index (χ2n) is 2.91. The molecule has 1 N–H and O–H groups in total. The number of hydrogen-bond acceptors (Lipinski definition) is 4. The van der Waals surface area contributed by atoms with Crippen molar-refractivity contribution < 1.29 is 24.2 Å². The van der Waals surface area contributed by atoms with Crippen LogP contribution >= 0.6 is 0 Å². The molecule has 5 heteroatoms. The maximum Gasteiger partial charge on any atom is 0.376 e. The molecule has 0 radical (unpaired) electrons. The summed E-state index contributed by atoms with van der Waals surface area (Å²) in [5.74, 6) is -4.54. The maximum atomic E-state index is 11.0. The molecule has 1 rings (SSSR count). The second kappa shape index (κ2) is 3.55. The molecule has 0 aliphatic carbocycles. The molecular formula is C8H10O5. The number of hydrogen-bond donors (Lipinski definition) is 1. The van der Waals surface area contributed by atoms with Crippen LogP contribution in [0.4, 0.5) is 0 Å². The van der Waals surface area contributed by atoms with E-state index in [4.69, 9.17) is 5.11 Å². The first kappa shape index (κ1) is 9.70. The predicted octanol–water partition coefficient (Wildman–Crippen LogP) is -0.0182. The van der Waals surface area contributed by atoms with Gasteiger partial charge in [-0.15, -0.1) is 0 Å². The Morgan fingerprint density at radius 3 is 2.62 bits per heavy atom. The van der Waals surface area contributed by atoms with Crippen molar-refractivity contribution in [3.8, 4) is 0 Å². The first-order valence-corrected chi connectivity index (χ1v) is 4.05. The van der Waals surface area contributed by atoms with Gasteiger partial charge in [0.05, 0.1) is 0 Å². The fourth-order valence-electron chi connectivity index (χ4n) is 1.34. The fourth-order valence-corrected chi connectivity index (χ4v) is 1.34. The topological polar surface area (TPSA) is 80.7 Å². The quantitative estimate of drug-likeness (QED) is 0.380. The van der Waals surface area contributed by atoms with Crippen molar-refractivity contribution in [2.75, 3.05) is 0 Å². The third-order valence-corrected chi connectivity index (χ3v) is 1.95. The van der Waals surface area contributed by atoms with Crippen molar-refractivity contribution in [3.05, 3.63) is 0 Å². The molecule has 1 heterocycles. The van der Waals surface area contributed by atoms with E-state index in [1.54, 1.807) is 0 Å². The van der Waals surface area contributed by atoms with Crippen LogP contribution in [0.1, 0.15) is 19.8 Å². The Hall–Kier alpha value is -1.39. The van der Waals surface area contributed by atoms with Gasteiger partial charge in [0.15, 0.2) is 5.92 Å². The predicted molar refractivity (Wildman–Crippen MR) is 40.9 cm³/mol. The molecule has 5 nitrogen and oxygen atoms in total. The van der Waals surface area contributed by atoms with Crippen LogP contribution in [0.15, 0.2) is 0 Å². The van der Waals surface area contributed by atoms with Crippen LogP contribution in [0.5, 0.6) is 0 Å². The van der Waals surface area contributed by atoms with Gasteiger partial charge < -0.3 is 9.84 Å². The van der Waals surface area contributed by atoms with Crippen molar-refractivity contribution >= 4 is 17.7 Å². The third-order valence-electron chi connectivity index (χ3n) is 1.95. The van der Waals surface area contributed by atoms with Gasteiger partial charge in [0.25, 0.3) is 5.78 Å². The number of esters is 1. The lowest BCUT2D eigenvalue weighted by Gasteiger charge is -2.10. The van der Waals surface area contributed by atoms with E-state index in [1.165, 1.54) is 0 Å². The molecule has 0 amide bonds. The maximum absolute atomic E-state index is 11.0. The van der Waals surface area contributed by atoms with Crippen molar-refractivity contribution in [3.63, 3.8) is 0 Å². The molecule has 0 aromatic heterocycles. The Balaban J connectivity index is 2.80. The number of Topliss-reactive ketones (excluding diaryl/α,β-unsaturated/α-hetero) is 1. The highest BCUT2D eigenvalue weighted by Crippen LogP contribution is 2.22. The average molecular weight is 186 g/mol. The van der Waals surface area contributed by atoms with E-state index < -0.39 is 29.7 Å². The van der Waals surface area contributed by atoms with Gasteiger partial charge in [-0.05, 0) is 6.42 Å². The average Bonchev–Trinajstić information content (AvgIpc) is 2.28. The molecule has 72 valence electrons. The summed E-state index contributed by atoms with van der Waals surface area (Å²) in [5.41, 5.74) is 0. The number of ketones is 1. The van der Waals surface area contributed by atoms with E-state index in [0.717, 1.165) is 0 Å².